The van der Waals surface area contributed by atoms with Crippen molar-refractivity contribution in [2.75, 3.05) is 24.3 Å². The van der Waals surface area contributed by atoms with Gasteiger partial charge < -0.3 is 20.7 Å². The normalized spacial score (nSPS) is 13.3. The molecular formula is C23H28N6O3. The Morgan fingerprint density at radius 3 is 2.62 bits per heavy atom. The van der Waals surface area contributed by atoms with Crippen LogP contribution in [0.3, 0.4) is 0 Å². The molecule has 0 spiro atoms. The molecule has 1 aliphatic carbocycles. The average Bonchev–Trinajstić information content (AvgIpc) is 3.60. The lowest BCUT2D eigenvalue weighted by Crippen LogP contribution is -2.18. The highest BCUT2D eigenvalue weighted by Crippen LogP contribution is 2.37. The molecular weight excluding hydrogens is 408 g/mol. The van der Waals surface area contributed by atoms with Crippen molar-refractivity contribution < 1.29 is 9.66 Å². The first-order valence-corrected chi connectivity index (χ1v) is 10.4. The number of para-hydroxylation sites is 1. The molecule has 168 valence electrons. The minimum Gasteiger partial charge on any atom is -0.492 e. The summed E-state index contributed by atoms with van der Waals surface area (Å²) >= 11 is 0. The number of allylic oxidation sites excluding steroid dienone is 2. The van der Waals surface area contributed by atoms with Crippen molar-refractivity contribution in [3.8, 4) is 0 Å². The lowest BCUT2D eigenvalue weighted by atomic mass is 10.2. The largest absolute Gasteiger partial charge is 0.492 e. The van der Waals surface area contributed by atoms with Crippen LogP contribution >= 0.6 is 0 Å². The molecule has 1 aromatic heterocycles. The number of ether oxygens (including phenoxy) is 1. The van der Waals surface area contributed by atoms with Crippen LogP contribution in [0.5, 0.6) is 0 Å². The van der Waals surface area contributed by atoms with Crippen LogP contribution in [0, 0.1) is 23.0 Å². The van der Waals surface area contributed by atoms with Crippen LogP contribution in [0.2, 0.25) is 0 Å². The van der Waals surface area contributed by atoms with Crippen molar-refractivity contribution in [3.63, 3.8) is 0 Å². The van der Waals surface area contributed by atoms with Crippen LogP contribution < -0.4 is 16.0 Å². The van der Waals surface area contributed by atoms with Crippen molar-refractivity contribution in [2.45, 2.75) is 26.7 Å². The highest BCUT2D eigenvalue weighted by atomic mass is 16.6. The summed E-state index contributed by atoms with van der Waals surface area (Å²) in [6, 6.07) is 7.62. The van der Waals surface area contributed by atoms with Crippen LogP contribution in [-0.2, 0) is 4.74 Å². The minimum atomic E-state index is -0.539. The number of aryl methyl sites for hydroxylation is 1. The summed E-state index contributed by atoms with van der Waals surface area (Å²) < 4.78 is 5.45. The maximum atomic E-state index is 12.0. The monoisotopic (exact) mass is 436 g/mol. The Morgan fingerprint density at radius 1 is 1.31 bits per heavy atom. The third-order valence-electron chi connectivity index (χ3n) is 4.99. The second kappa shape index (κ2) is 9.95. The first kappa shape index (κ1) is 22.8. The molecule has 1 heterocycles. The molecule has 1 aliphatic rings. The van der Waals surface area contributed by atoms with E-state index >= 15 is 0 Å². The number of anilines is 3. The summed E-state index contributed by atoms with van der Waals surface area (Å²) in [6.07, 6.45) is 4.04. The Kier molecular flexibility index (Phi) is 7.09. The van der Waals surface area contributed by atoms with E-state index in [1.165, 1.54) is 0 Å². The van der Waals surface area contributed by atoms with Crippen molar-refractivity contribution in [1.29, 1.82) is 0 Å². The third kappa shape index (κ3) is 5.42. The van der Waals surface area contributed by atoms with E-state index in [9.17, 15) is 10.1 Å². The van der Waals surface area contributed by atoms with Crippen molar-refractivity contribution in [1.82, 2.24) is 15.3 Å². The van der Waals surface area contributed by atoms with Crippen LogP contribution in [0.1, 0.15) is 31.0 Å². The zero-order valence-electron chi connectivity index (χ0n) is 18.6. The number of nitro groups is 1. The van der Waals surface area contributed by atoms with E-state index in [0.717, 1.165) is 29.7 Å². The number of hydrogen-bond acceptors (Lipinski definition) is 8. The van der Waals surface area contributed by atoms with E-state index in [1.807, 2.05) is 37.3 Å². The quantitative estimate of drug-likeness (QED) is 0.198. The van der Waals surface area contributed by atoms with Gasteiger partial charge in [0.05, 0.1) is 11.5 Å². The molecule has 0 saturated heterocycles. The summed E-state index contributed by atoms with van der Waals surface area (Å²) in [5, 5.41) is 21.2. The lowest BCUT2D eigenvalue weighted by Gasteiger charge is -2.16. The Labute approximate surface area is 187 Å². The van der Waals surface area contributed by atoms with Gasteiger partial charge in [0.15, 0.2) is 5.69 Å². The molecule has 3 N–H and O–H groups in total. The average molecular weight is 437 g/mol. The minimum absolute atomic E-state index is 0.00177. The Balaban J connectivity index is 2.08. The van der Waals surface area contributed by atoms with E-state index in [4.69, 9.17) is 4.74 Å². The molecule has 0 atom stereocenters. The zero-order chi connectivity index (χ0) is 23.3. The fraction of sp³-hybridized carbons (Fsp3) is 0.304. The highest BCUT2D eigenvalue weighted by Gasteiger charge is 2.29. The number of nitrogens with one attached hydrogen (secondary N) is 3. The van der Waals surface area contributed by atoms with Gasteiger partial charge >= 0.3 is 5.69 Å². The zero-order valence-corrected chi connectivity index (χ0v) is 18.6. The topological polar surface area (TPSA) is 114 Å². The van der Waals surface area contributed by atoms with Gasteiger partial charge in [-0.25, -0.2) is 4.98 Å². The fourth-order valence-corrected chi connectivity index (χ4v) is 3.10. The lowest BCUT2D eigenvalue weighted by molar-refractivity contribution is -0.384. The molecule has 0 bridgehead atoms. The second-order valence-electron chi connectivity index (χ2n) is 7.43. The Morgan fingerprint density at radius 2 is 2.03 bits per heavy atom. The third-order valence-corrected chi connectivity index (χ3v) is 4.99. The molecule has 1 aromatic carbocycles. The van der Waals surface area contributed by atoms with E-state index in [2.05, 4.69) is 39.1 Å². The van der Waals surface area contributed by atoms with Crippen LogP contribution in [0.4, 0.5) is 23.1 Å². The second-order valence-corrected chi connectivity index (χ2v) is 7.43. The summed E-state index contributed by atoms with van der Waals surface area (Å²) in [4.78, 5) is 20.2. The molecule has 0 unspecified atom stereocenters. The molecule has 0 amide bonds. The summed E-state index contributed by atoms with van der Waals surface area (Å²) in [7, 11) is 1.72. The molecule has 0 aliphatic heterocycles. The molecule has 2 aromatic rings. The van der Waals surface area contributed by atoms with Gasteiger partial charge in [0.1, 0.15) is 11.6 Å². The van der Waals surface area contributed by atoms with Crippen molar-refractivity contribution >= 4 is 28.9 Å². The predicted molar refractivity (Wildman–Crippen MR) is 126 cm³/mol. The smallest absolute Gasteiger partial charge is 0.341 e. The van der Waals surface area contributed by atoms with E-state index in [-0.39, 0.29) is 28.9 Å². The maximum absolute atomic E-state index is 12.0. The summed E-state index contributed by atoms with van der Waals surface area (Å²) in [5.41, 5.74) is 2.40. The molecule has 32 heavy (non-hydrogen) atoms. The van der Waals surface area contributed by atoms with Crippen molar-refractivity contribution in [2.24, 2.45) is 5.92 Å². The molecule has 3 rings (SSSR count). The van der Waals surface area contributed by atoms with E-state index in [0.29, 0.717) is 18.3 Å². The first-order valence-electron chi connectivity index (χ1n) is 10.4. The number of aromatic nitrogens is 2. The summed E-state index contributed by atoms with van der Waals surface area (Å²) in [5.74, 6) is 1.28. The summed E-state index contributed by atoms with van der Waals surface area (Å²) in [6.45, 7) is 11.9. The van der Waals surface area contributed by atoms with Gasteiger partial charge in [0, 0.05) is 12.7 Å². The van der Waals surface area contributed by atoms with Crippen LogP contribution in [0.15, 0.2) is 54.9 Å². The van der Waals surface area contributed by atoms with E-state index < -0.39 is 4.92 Å². The van der Waals surface area contributed by atoms with Gasteiger partial charge in [0.25, 0.3) is 0 Å². The van der Waals surface area contributed by atoms with E-state index in [1.54, 1.807) is 14.0 Å². The molecule has 1 fully saturated rings. The highest BCUT2D eigenvalue weighted by molar-refractivity contribution is 5.75. The number of nitrogens with zero attached hydrogens (tertiary/aromatic N) is 3. The number of rotatable bonds is 11. The van der Waals surface area contributed by atoms with Crippen molar-refractivity contribution in [3.05, 3.63) is 76.3 Å². The standard InChI is InChI=1S/C23H28N6O3/c1-6-32-16(4)20-21(29(30)31)22(26-19(24-5)13-15(3)17-11-12-17)28-23(27-20)25-18-10-8-7-9-14(18)2/h7-10,13,17,24H,3-4,6,11-12H2,1-2,5H3,(H2,25,26,27,28)/b19-13+. The van der Waals surface area contributed by atoms with Gasteiger partial charge in [0.2, 0.25) is 11.8 Å². The Hall–Kier alpha value is -3.88. The van der Waals surface area contributed by atoms with Gasteiger partial charge in [-0.3, -0.25) is 10.1 Å². The van der Waals surface area contributed by atoms with Gasteiger partial charge in [-0.15, -0.1) is 0 Å². The molecule has 1 saturated carbocycles. The van der Waals surface area contributed by atoms with Crippen LogP contribution in [-0.4, -0.2) is 28.5 Å². The Bertz CT molecular complexity index is 1080. The first-order chi connectivity index (χ1) is 15.3. The van der Waals surface area contributed by atoms with Gasteiger partial charge in [-0.05, 0) is 55.9 Å². The molecule has 9 nitrogen and oxygen atoms in total. The van der Waals surface area contributed by atoms with Crippen LogP contribution in [0.25, 0.3) is 5.76 Å². The SMILES string of the molecule is C=C(OCC)c1nc(Nc2ccccc2C)nc(N/C(=C/C(=C)C2CC2)NC)c1[N+](=O)[O-]. The maximum Gasteiger partial charge on any atom is 0.341 e. The number of benzene rings is 1. The number of hydrogen-bond donors (Lipinski definition) is 3. The van der Waals surface area contributed by atoms with Gasteiger partial charge in [-0.1, -0.05) is 31.4 Å². The molecule has 0 radical (unpaired) electrons. The fourth-order valence-electron chi connectivity index (χ4n) is 3.10. The van der Waals surface area contributed by atoms with Gasteiger partial charge in [-0.2, -0.15) is 4.98 Å². The molecule has 9 heteroatoms. The predicted octanol–water partition coefficient (Wildman–Crippen LogP) is 4.88.